The normalized spacial score (nSPS) is 18.3. The average molecular weight is 495 g/mol. The lowest BCUT2D eigenvalue weighted by atomic mass is 9.88. The maximum absolute atomic E-state index is 12.8. The topological polar surface area (TPSA) is 213 Å². The van der Waals surface area contributed by atoms with Crippen molar-refractivity contribution >= 4 is 32.9 Å². The van der Waals surface area contributed by atoms with Crippen LogP contribution in [0.15, 0.2) is 36.9 Å². The Labute approximate surface area is 195 Å². The Kier molecular flexibility index (Phi) is 6.68. The molecule has 0 unspecified atom stereocenters. The summed E-state index contributed by atoms with van der Waals surface area (Å²) in [5.41, 5.74) is 12.2. The van der Waals surface area contributed by atoms with Gasteiger partial charge in [-0.2, -0.15) is 17.9 Å². The minimum Gasteiger partial charge on any atom is -0.398 e. The number of para-hydroxylation sites is 1. The molecule has 0 spiro atoms. The van der Waals surface area contributed by atoms with E-state index in [0.29, 0.717) is 11.3 Å². The van der Waals surface area contributed by atoms with Gasteiger partial charge in [-0.15, -0.1) is 0 Å². The molecule has 3 heterocycles. The van der Waals surface area contributed by atoms with Crippen LogP contribution in [0.1, 0.15) is 11.8 Å². The number of imidazole rings is 1. The molecule has 0 saturated carbocycles. The van der Waals surface area contributed by atoms with Gasteiger partial charge in [-0.1, -0.05) is 18.2 Å². The fourth-order valence-corrected chi connectivity index (χ4v) is 4.96. The first kappa shape index (κ1) is 24.2. The van der Waals surface area contributed by atoms with Crippen molar-refractivity contribution in [2.75, 3.05) is 38.3 Å². The molecule has 3 atom stereocenters. The first-order chi connectivity index (χ1) is 16.2. The van der Waals surface area contributed by atoms with Gasteiger partial charge in [0, 0.05) is 24.9 Å². The number of nitrogens with one attached hydrogen (secondary N) is 2. The molecule has 1 aromatic carbocycles. The second-order valence-corrected chi connectivity index (χ2v) is 9.38. The molecule has 0 bridgehead atoms. The van der Waals surface area contributed by atoms with Gasteiger partial charge < -0.3 is 31.2 Å². The number of aromatic nitrogens is 4. The molecule has 184 valence electrons. The van der Waals surface area contributed by atoms with Crippen LogP contribution in [0.3, 0.4) is 0 Å². The van der Waals surface area contributed by atoms with Crippen LogP contribution in [-0.2, 0) is 25.2 Å². The molecular formula is C19H26N8O6S. The summed E-state index contributed by atoms with van der Waals surface area (Å²) >= 11 is 0. The minimum absolute atomic E-state index is 0.107. The fraction of sp³-hybridized carbons (Fsp3) is 0.421. The molecular weight excluding hydrogens is 468 g/mol. The fourth-order valence-electron chi connectivity index (χ4n) is 3.76. The Morgan fingerprint density at radius 1 is 1.24 bits per heavy atom. The van der Waals surface area contributed by atoms with E-state index < -0.39 is 34.2 Å². The van der Waals surface area contributed by atoms with Gasteiger partial charge in [0.25, 0.3) is 10.2 Å². The summed E-state index contributed by atoms with van der Waals surface area (Å²) in [6.45, 7) is -0.138. The summed E-state index contributed by atoms with van der Waals surface area (Å²) in [5, 5.41) is 21.4. The smallest absolute Gasteiger partial charge is 0.277 e. The summed E-state index contributed by atoms with van der Waals surface area (Å²) in [6, 6.07) is 6.90. The average Bonchev–Trinajstić information content (AvgIpc) is 3.22. The third-order valence-electron chi connectivity index (χ3n) is 5.64. The second-order valence-electron chi connectivity index (χ2n) is 7.88. The van der Waals surface area contributed by atoms with Crippen LogP contribution in [0.5, 0.6) is 0 Å². The predicted octanol–water partition coefficient (Wildman–Crippen LogP) is -1.79. The number of hydrogen-bond donors (Lipinski definition) is 6. The van der Waals surface area contributed by atoms with Gasteiger partial charge >= 0.3 is 0 Å². The van der Waals surface area contributed by atoms with E-state index in [1.165, 1.54) is 24.3 Å². The minimum atomic E-state index is -4.09. The number of aliphatic hydroxyl groups is 2. The Bertz CT molecular complexity index is 1260. The van der Waals surface area contributed by atoms with Gasteiger partial charge in [0.05, 0.1) is 19.5 Å². The monoisotopic (exact) mass is 494 g/mol. The molecule has 0 aliphatic carbocycles. The molecule has 1 saturated heterocycles. The van der Waals surface area contributed by atoms with E-state index in [4.69, 9.17) is 20.9 Å². The van der Waals surface area contributed by atoms with Crippen LogP contribution in [0, 0.1) is 0 Å². The first-order valence-corrected chi connectivity index (χ1v) is 11.7. The molecule has 34 heavy (non-hydrogen) atoms. The number of methoxy groups -OCH3 is 1. The van der Waals surface area contributed by atoms with Gasteiger partial charge in [0.15, 0.2) is 17.7 Å². The number of benzene rings is 1. The van der Waals surface area contributed by atoms with Gasteiger partial charge in [-0.3, -0.25) is 4.57 Å². The van der Waals surface area contributed by atoms with Crippen LogP contribution in [-0.4, -0.2) is 77.2 Å². The molecule has 0 amide bonds. The van der Waals surface area contributed by atoms with Gasteiger partial charge in [-0.05, 0) is 6.07 Å². The maximum atomic E-state index is 12.8. The third kappa shape index (κ3) is 4.54. The Morgan fingerprint density at radius 3 is 2.62 bits per heavy atom. The zero-order valence-corrected chi connectivity index (χ0v) is 19.0. The highest BCUT2D eigenvalue weighted by Gasteiger charge is 2.45. The van der Waals surface area contributed by atoms with Crippen molar-refractivity contribution in [3.8, 4) is 0 Å². The van der Waals surface area contributed by atoms with E-state index in [0.717, 1.165) is 0 Å². The quantitative estimate of drug-likeness (QED) is 0.173. The number of fused-ring (bicyclic) bond motifs is 1. The number of nitrogens with two attached hydrogens (primary N) is 2. The molecule has 14 nitrogen and oxygen atoms in total. The van der Waals surface area contributed by atoms with E-state index in [-0.39, 0.29) is 36.7 Å². The zero-order chi connectivity index (χ0) is 24.5. The summed E-state index contributed by atoms with van der Waals surface area (Å²) in [6.07, 6.45) is -1.79. The lowest BCUT2D eigenvalue weighted by Gasteiger charge is -2.42. The Hall–Kier alpha value is -2.92. The molecule has 1 aliphatic heterocycles. The third-order valence-corrected chi connectivity index (χ3v) is 6.84. The van der Waals surface area contributed by atoms with E-state index in [9.17, 15) is 18.6 Å². The van der Waals surface area contributed by atoms with Crippen LogP contribution >= 0.6 is 0 Å². The predicted molar refractivity (Wildman–Crippen MR) is 121 cm³/mol. The number of nitrogens with zero attached hydrogens (tertiary/aromatic N) is 4. The number of rotatable bonds is 10. The van der Waals surface area contributed by atoms with E-state index >= 15 is 0 Å². The standard InChI is InChI=1S/C19H26N8O6S/c1-32-13(15(28)18(29)27-10-24-14-16(21)22-9-23-17(14)27)6-25-34(30,31)26-19(7-33-8-19)11-4-2-3-5-12(11)20/h2-5,9-10,13,15,18,25-26,28-29H,6-8,20H2,1H3,(H2,21,22,23)/t13-,15-,18-/m1/s1. The first-order valence-electron chi connectivity index (χ1n) is 10.2. The molecule has 2 aromatic heterocycles. The van der Waals surface area contributed by atoms with Crippen molar-refractivity contribution in [3.63, 3.8) is 0 Å². The molecule has 1 aliphatic rings. The summed E-state index contributed by atoms with van der Waals surface area (Å²) in [5.74, 6) is 0.112. The van der Waals surface area contributed by atoms with Gasteiger partial charge in [0.1, 0.15) is 29.6 Å². The molecule has 0 radical (unpaired) electrons. The lowest BCUT2D eigenvalue weighted by molar-refractivity contribution is -0.0995. The van der Waals surface area contributed by atoms with Crippen molar-refractivity contribution in [1.82, 2.24) is 29.0 Å². The number of hydrogen-bond acceptors (Lipinski definition) is 11. The highest BCUT2D eigenvalue weighted by Crippen LogP contribution is 2.33. The molecule has 8 N–H and O–H groups in total. The lowest BCUT2D eigenvalue weighted by Crippen LogP contribution is -2.62. The van der Waals surface area contributed by atoms with Crippen LogP contribution < -0.4 is 20.9 Å². The van der Waals surface area contributed by atoms with Gasteiger partial charge in [-0.25, -0.2) is 15.0 Å². The number of aliphatic hydroxyl groups excluding tert-OH is 2. The number of anilines is 2. The summed E-state index contributed by atoms with van der Waals surface area (Å²) in [7, 11) is -2.81. The summed E-state index contributed by atoms with van der Waals surface area (Å²) in [4.78, 5) is 11.9. The van der Waals surface area contributed by atoms with E-state index in [1.807, 2.05) is 0 Å². The number of ether oxygens (including phenoxy) is 2. The van der Waals surface area contributed by atoms with Crippen LogP contribution in [0.2, 0.25) is 0 Å². The van der Waals surface area contributed by atoms with Crippen molar-refractivity contribution < 1.29 is 28.1 Å². The largest absolute Gasteiger partial charge is 0.398 e. The molecule has 1 fully saturated rings. The van der Waals surface area contributed by atoms with E-state index in [2.05, 4.69) is 24.4 Å². The van der Waals surface area contributed by atoms with E-state index in [1.54, 1.807) is 24.3 Å². The van der Waals surface area contributed by atoms with Crippen LogP contribution in [0.4, 0.5) is 11.5 Å². The van der Waals surface area contributed by atoms with Crippen molar-refractivity contribution in [2.45, 2.75) is 24.0 Å². The highest BCUT2D eigenvalue weighted by atomic mass is 32.2. The maximum Gasteiger partial charge on any atom is 0.277 e. The molecule has 15 heteroatoms. The SMILES string of the molecule is CO[C@H](CNS(=O)(=O)NC1(c2ccccc2N)COC1)[C@@H](O)[C@@H](O)n1cnc2c(N)ncnc21. The zero-order valence-electron chi connectivity index (χ0n) is 18.2. The number of nitrogen functional groups attached to an aromatic ring is 2. The Morgan fingerprint density at radius 2 is 1.97 bits per heavy atom. The molecule has 3 aromatic rings. The van der Waals surface area contributed by atoms with Crippen molar-refractivity contribution in [3.05, 3.63) is 42.5 Å². The summed E-state index contributed by atoms with van der Waals surface area (Å²) < 4.78 is 42.2. The second kappa shape index (κ2) is 9.38. The molecule has 4 rings (SSSR count). The van der Waals surface area contributed by atoms with Crippen molar-refractivity contribution in [2.24, 2.45) is 0 Å². The van der Waals surface area contributed by atoms with Crippen LogP contribution in [0.25, 0.3) is 11.2 Å². The highest BCUT2D eigenvalue weighted by molar-refractivity contribution is 7.87. The van der Waals surface area contributed by atoms with Gasteiger partial charge in [0.2, 0.25) is 0 Å². The Balaban J connectivity index is 1.45. The van der Waals surface area contributed by atoms with Crippen molar-refractivity contribution in [1.29, 1.82) is 0 Å².